The molecule has 0 radical (unpaired) electrons. The average Bonchev–Trinajstić information content (AvgIpc) is 2.75. The van der Waals surface area contributed by atoms with Crippen molar-refractivity contribution >= 4 is 28.2 Å². The van der Waals surface area contributed by atoms with Gasteiger partial charge < -0.3 is 10.3 Å². The van der Waals surface area contributed by atoms with Gasteiger partial charge in [-0.1, -0.05) is 24.4 Å². The van der Waals surface area contributed by atoms with Gasteiger partial charge in [-0.2, -0.15) is 0 Å². The number of hydrogen-bond acceptors (Lipinski definition) is 2. The van der Waals surface area contributed by atoms with Gasteiger partial charge in [-0.05, 0) is 42.8 Å². The fraction of sp³-hybridized carbons (Fsp3) is 0.125. The summed E-state index contributed by atoms with van der Waals surface area (Å²) >= 11 is 4.92. The highest BCUT2D eigenvalue weighted by Crippen LogP contribution is 2.18. The van der Waals surface area contributed by atoms with Crippen LogP contribution in [-0.2, 0) is 6.54 Å². The van der Waals surface area contributed by atoms with Crippen molar-refractivity contribution in [3.05, 3.63) is 65.2 Å². The average molecular weight is 299 g/mol. The molecular weight excluding hydrogens is 285 g/mol. The summed E-state index contributed by atoms with van der Waals surface area (Å²) in [4.78, 5) is 4.71. The number of rotatable bonds is 3. The van der Waals surface area contributed by atoms with Crippen molar-refractivity contribution < 1.29 is 4.39 Å². The molecule has 0 bridgehead atoms. The molecule has 21 heavy (non-hydrogen) atoms. The van der Waals surface area contributed by atoms with Gasteiger partial charge in [0, 0.05) is 12.1 Å². The summed E-state index contributed by atoms with van der Waals surface area (Å²) in [6, 6.07) is 12.5. The Morgan fingerprint density at radius 3 is 2.81 bits per heavy atom. The lowest BCUT2D eigenvalue weighted by Gasteiger charge is -2.09. The first-order valence-electron chi connectivity index (χ1n) is 6.56. The molecule has 2 N–H and O–H groups in total. The minimum absolute atomic E-state index is 0.197. The topological polar surface area (TPSA) is 43.8 Å². The third-order valence-corrected chi connectivity index (χ3v) is 3.66. The lowest BCUT2D eigenvalue weighted by molar-refractivity contribution is 0.623. The van der Waals surface area contributed by atoms with Crippen LogP contribution in [0.2, 0.25) is 0 Å². The molecule has 0 amide bonds. The van der Waals surface area contributed by atoms with Crippen LogP contribution < -0.4 is 5.73 Å². The maximum absolute atomic E-state index is 13.7. The number of hydrogen-bond donors (Lipinski definition) is 1. The molecular formula is C16H14FN3S. The van der Waals surface area contributed by atoms with Crippen LogP contribution >= 0.6 is 12.2 Å². The van der Waals surface area contributed by atoms with Crippen LogP contribution in [0, 0.1) is 12.7 Å². The van der Waals surface area contributed by atoms with Crippen molar-refractivity contribution in [2.45, 2.75) is 13.5 Å². The molecule has 0 aliphatic heterocycles. The number of para-hydroxylation sites is 2. The maximum atomic E-state index is 13.7. The fourth-order valence-electron chi connectivity index (χ4n) is 2.46. The zero-order chi connectivity index (χ0) is 15.0. The number of fused-ring (bicyclic) bond motifs is 1. The lowest BCUT2D eigenvalue weighted by Crippen LogP contribution is -2.11. The first kappa shape index (κ1) is 13.7. The van der Waals surface area contributed by atoms with Gasteiger partial charge in [-0.15, -0.1) is 0 Å². The minimum atomic E-state index is -0.336. The van der Waals surface area contributed by atoms with Gasteiger partial charge in [0.2, 0.25) is 0 Å². The normalized spacial score (nSPS) is 11.0. The number of benzene rings is 2. The summed E-state index contributed by atoms with van der Waals surface area (Å²) in [5, 5.41) is 0. The summed E-state index contributed by atoms with van der Waals surface area (Å²) in [5.74, 6) is 0.551. The molecule has 3 aromatic rings. The van der Waals surface area contributed by atoms with Crippen molar-refractivity contribution in [2.24, 2.45) is 5.73 Å². The van der Waals surface area contributed by atoms with Gasteiger partial charge in [-0.25, -0.2) is 9.37 Å². The van der Waals surface area contributed by atoms with E-state index in [1.54, 1.807) is 0 Å². The highest BCUT2D eigenvalue weighted by Gasteiger charge is 2.09. The Morgan fingerprint density at radius 1 is 1.29 bits per heavy atom. The van der Waals surface area contributed by atoms with E-state index >= 15 is 0 Å². The summed E-state index contributed by atoms with van der Waals surface area (Å²) in [6.45, 7) is 2.47. The molecule has 0 fully saturated rings. The van der Waals surface area contributed by atoms with E-state index in [0.717, 1.165) is 22.4 Å². The zero-order valence-electron chi connectivity index (χ0n) is 11.5. The Labute approximate surface area is 127 Å². The van der Waals surface area contributed by atoms with Crippen molar-refractivity contribution in [3.8, 4) is 0 Å². The molecule has 0 saturated heterocycles. The van der Waals surface area contributed by atoms with E-state index in [-0.39, 0.29) is 10.8 Å². The molecule has 0 atom stereocenters. The van der Waals surface area contributed by atoms with E-state index in [1.807, 2.05) is 41.8 Å². The molecule has 2 aromatic carbocycles. The predicted molar refractivity (Wildman–Crippen MR) is 85.9 cm³/mol. The first-order chi connectivity index (χ1) is 10.0. The Hall–Kier alpha value is -2.27. The Morgan fingerprint density at radius 2 is 2.05 bits per heavy atom. The van der Waals surface area contributed by atoms with Crippen molar-refractivity contribution in [2.75, 3.05) is 0 Å². The number of aryl methyl sites for hydroxylation is 1. The quantitative estimate of drug-likeness (QED) is 0.756. The molecule has 0 aliphatic rings. The van der Waals surface area contributed by atoms with Gasteiger partial charge in [0.1, 0.15) is 16.6 Å². The minimum Gasteiger partial charge on any atom is -0.389 e. The van der Waals surface area contributed by atoms with Gasteiger partial charge in [0.15, 0.2) is 0 Å². The number of halogens is 1. The number of aromatic nitrogens is 2. The molecule has 0 spiro atoms. The number of imidazole rings is 1. The SMILES string of the molecule is Cc1nc2ccccc2n1Cc1cc(F)cc(C(N)=S)c1. The Bertz CT molecular complexity index is 839. The van der Waals surface area contributed by atoms with Crippen LogP contribution in [0.1, 0.15) is 17.0 Å². The van der Waals surface area contributed by atoms with Crippen molar-refractivity contribution in [3.63, 3.8) is 0 Å². The second-order valence-corrected chi connectivity index (χ2v) is 5.39. The Balaban J connectivity index is 2.06. The van der Waals surface area contributed by atoms with Crippen LogP contribution in [0.5, 0.6) is 0 Å². The van der Waals surface area contributed by atoms with Crippen LogP contribution in [0.15, 0.2) is 42.5 Å². The van der Waals surface area contributed by atoms with E-state index in [2.05, 4.69) is 4.98 Å². The zero-order valence-corrected chi connectivity index (χ0v) is 12.3. The highest BCUT2D eigenvalue weighted by atomic mass is 32.1. The smallest absolute Gasteiger partial charge is 0.124 e. The summed E-state index contributed by atoms with van der Waals surface area (Å²) in [7, 11) is 0. The third kappa shape index (κ3) is 2.64. The molecule has 106 valence electrons. The van der Waals surface area contributed by atoms with E-state index in [0.29, 0.717) is 12.1 Å². The predicted octanol–water partition coefficient (Wildman–Crippen LogP) is 3.17. The van der Waals surface area contributed by atoms with Gasteiger partial charge in [0.05, 0.1) is 11.0 Å². The second-order valence-electron chi connectivity index (χ2n) is 4.95. The van der Waals surface area contributed by atoms with Gasteiger partial charge in [0.25, 0.3) is 0 Å². The summed E-state index contributed by atoms with van der Waals surface area (Å²) in [6.07, 6.45) is 0. The third-order valence-electron chi connectivity index (χ3n) is 3.43. The lowest BCUT2D eigenvalue weighted by atomic mass is 10.1. The van der Waals surface area contributed by atoms with E-state index in [1.165, 1.54) is 12.1 Å². The van der Waals surface area contributed by atoms with Crippen LogP contribution in [0.3, 0.4) is 0 Å². The molecule has 0 saturated carbocycles. The van der Waals surface area contributed by atoms with Gasteiger partial charge in [-0.3, -0.25) is 0 Å². The van der Waals surface area contributed by atoms with Crippen molar-refractivity contribution in [1.29, 1.82) is 0 Å². The molecule has 0 aliphatic carbocycles. The molecule has 0 unspecified atom stereocenters. The Kier molecular flexibility index (Phi) is 3.43. The second kappa shape index (κ2) is 5.26. The van der Waals surface area contributed by atoms with Crippen LogP contribution in [-0.4, -0.2) is 14.5 Å². The molecule has 3 nitrogen and oxygen atoms in total. The number of thiocarbonyl (C=S) groups is 1. The fourth-order valence-corrected chi connectivity index (χ4v) is 2.58. The standard InChI is InChI=1S/C16H14FN3S/c1-10-19-14-4-2-3-5-15(14)20(10)9-11-6-12(16(18)21)8-13(17)7-11/h2-8H,9H2,1H3,(H2,18,21). The summed E-state index contributed by atoms with van der Waals surface area (Å²) in [5.41, 5.74) is 8.90. The van der Waals surface area contributed by atoms with E-state index in [4.69, 9.17) is 18.0 Å². The molecule has 1 aromatic heterocycles. The van der Waals surface area contributed by atoms with E-state index < -0.39 is 0 Å². The van der Waals surface area contributed by atoms with E-state index in [9.17, 15) is 4.39 Å². The monoisotopic (exact) mass is 299 g/mol. The maximum Gasteiger partial charge on any atom is 0.124 e. The molecule has 5 heteroatoms. The molecule has 3 rings (SSSR count). The molecule has 1 heterocycles. The van der Waals surface area contributed by atoms with Crippen LogP contribution in [0.4, 0.5) is 4.39 Å². The van der Waals surface area contributed by atoms with Gasteiger partial charge >= 0.3 is 0 Å². The highest BCUT2D eigenvalue weighted by molar-refractivity contribution is 7.80. The summed E-state index contributed by atoms with van der Waals surface area (Å²) < 4.78 is 15.7. The van der Waals surface area contributed by atoms with Crippen molar-refractivity contribution in [1.82, 2.24) is 9.55 Å². The number of nitrogens with zero attached hydrogens (tertiary/aromatic N) is 2. The van der Waals surface area contributed by atoms with Crippen LogP contribution in [0.25, 0.3) is 11.0 Å². The largest absolute Gasteiger partial charge is 0.389 e. The number of nitrogens with two attached hydrogens (primary N) is 1. The first-order valence-corrected chi connectivity index (χ1v) is 6.96.